The summed E-state index contributed by atoms with van der Waals surface area (Å²) >= 11 is 0. The number of hydrogen-bond donors (Lipinski definition) is 2. The fourth-order valence-electron chi connectivity index (χ4n) is 1.58. The maximum absolute atomic E-state index is 5.77. The number of guanidine groups is 1. The Bertz CT molecular complexity index is 450. The maximum Gasteiger partial charge on any atom is 0.231 e. The minimum Gasteiger partial charge on any atom is -0.454 e. The van der Waals surface area contributed by atoms with Crippen LogP contribution in [0.5, 0.6) is 11.5 Å². The summed E-state index contributed by atoms with van der Waals surface area (Å²) in [5.74, 6) is 2.58. The molecule has 1 heterocycles. The zero-order valence-electron chi connectivity index (χ0n) is 11.2. The SMILES string of the molecule is CC(C)CNC(N)=NCc1ccc2c(c1)OCO2.I. The fraction of sp³-hybridized carbons (Fsp3) is 0.462. The van der Waals surface area contributed by atoms with E-state index < -0.39 is 0 Å². The normalized spacial score (nSPS) is 13.3. The Labute approximate surface area is 130 Å². The topological polar surface area (TPSA) is 68.9 Å². The van der Waals surface area contributed by atoms with Crippen molar-refractivity contribution >= 4 is 29.9 Å². The molecule has 1 aromatic rings. The van der Waals surface area contributed by atoms with Crippen LogP contribution in [0.4, 0.5) is 0 Å². The molecule has 106 valence electrons. The summed E-state index contributed by atoms with van der Waals surface area (Å²) in [4.78, 5) is 4.28. The number of fused-ring (bicyclic) bond motifs is 1. The van der Waals surface area contributed by atoms with E-state index in [1.165, 1.54) is 0 Å². The van der Waals surface area contributed by atoms with Gasteiger partial charge in [0.25, 0.3) is 0 Å². The summed E-state index contributed by atoms with van der Waals surface area (Å²) in [5.41, 5.74) is 6.82. The minimum atomic E-state index is 0. The van der Waals surface area contributed by atoms with Gasteiger partial charge in [0.1, 0.15) is 0 Å². The van der Waals surface area contributed by atoms with Crippen molar-refractivity contribution in [1.82, 2.24) is 5.32 Å². The van der Waals surface area contributed by atoms with E-state index in [0.29, 0.717) is 25.2 Å². The molecule has 6 heteroatoms. The Hall–Kier alpha value is -1.18. The number of halogens is 1. The Balaban J connectivity index is 0.00000180. The van der Waals surface area contributed by atoms with Crippen molar-refractivity contribution in [3.63, 3.8) is 0 Å². The van der Waals surface area contributed by atoms with Crippen LogP contribution >= 0.6 is 24.0 Å². The maximum atomic E-state index is 5.77. The quantitative estimate of drug-likeness (QED) is 0.479. The second-order valence-electron chi connectivity index (χ2n) is 4.66. The van der Waals surface area contributed by atoms with Crippen molar-refractivity contribution in [2.75, 3.05) is 13.3 Å². The molecule has 1 aromatic carbocycles. The average Bonchev–Trinajstić information content (AvgIpc) is 2.81. The molecule has 0 spiro atoms. The number of rotatable bonds is 4. The fourth-order valence-corrected chi connectivity index (χ4v) is 1.58. The Morgan fingerprint density at radius 3 is 2.84 bits per heavy atom. The van der Waals surface area contributed by atoms with Crippen LogP contribution in [-0.2, 0) is 6.54 Å². The van der Waals surface area contributed by atoms with E-state index in [4.69, 9.17) is 15.2 Å². The lowest BCUT2D eigenvalue weighted by molar-refractivity contribution is 0.174. The average molecular weight is 377 g/mol. The van der Waals surface area contributed by atoms with E-state index in [1.807, 2.05) is 18.2 Å². The van der Waals surface area contributed by atoms with Crippen molar-refractivity contribution in [1.29, 1.82) is 0 Å². The molecular weight excluding hydrogens is 357 g/mol. The Morgan fingerprint density at radius 2 is 2.11 bits per heavy atom. The molecule has 0 radical (unpaired) electrons. The predicted molar refractivity (Wildman–Crippen MR) is 86.1 cm³/mol. The zero-order valence-corrected chi connectivity index (χ0v) is 13.5. The highest BCUT2D eigenvalue weighted by molar-refractivity contribution is 14.0. The molecular formula is C13H20IN3O2. The van der Waals surface area contributed by atoms with Crippen LogP contribution in [0.3, 0.4) is 0 Å². The van der Waals surface area contributed by atoms with Gasteiger partial charge in [-0.1, -0.05) is 19.9 Å². The van der Waals surface area contributed by atoms with Crippen LogP contribution in [0.1, 0.15) is 19.4 Å². The molecule has 0 saturated heterocycles. The van der Waals surface area contributed by atoms with Gasteiger partial charge in [-0.25, -0.2) is 4.99 Å². The lowest BCUT2D eigenvalue weighted by Crippen LogP contribution is -2.34. The van der Waals surface area contributed by atoms with E-state index in [1.54, 1.807) is 0 Å². The molecule has 0 atom stereocenters. The summed E-state index contributed by atoms with van der Waals surface area (Å²) < 4.78 is 10.6. The second kappa shape index (κ2) is 7.42. The van der Waals surface area contributed by atoms with Crippen LogP contribution in [-0.4, -0.2) is 19.3 Å². The minimum absolute atomic E-state index is 0. The first-order valence-electron chi connectivity index (χ1n) is 6.07. The molecule has 0 unspecified atom stereocenters. The molecule has 1 aliphatic heterocycles. The zero-order chi connectivity index (χ0) is 13.0. The summed E-state index contributed by atoms with van der Waals surface area (Å²) in [6, 6.07) is 5.79. The van der Waals surface area contributed by atoms with Gasteiger partial charge < -0.3 is 20.5 Å². The highest BCUT2D eigenvalue weighted by atomic mass is 127. The van der Waals surface area contributed by atoms with Gasteiger partial charge in [0.05, 0.1) is 6.54 Å². The van der Waals surface area contributed by atoms with E-state index in [2.05, 4.69) is 24.2 Å². The summed E-state index contributed by atoms with van der Waals surface area (Å²) in [7, 11) is 0. The smallest absolute Gasteiger partial charge is 0.231 e. The third kappa shape index (κ3) is 4.77. The van der Waals surface area contributed by atoms with Gasteiger partial charge in [-0.3, -0.25) is 0 Å². The monoisotopic (exact) mass is 377 g/mol. The molecule has 2 rings (SSSR count). The molecule has 0 aromatic heterocycles. The third-order valence-corrected chi connectivity index (χ3v) is 2.56. The van der Waals surface area contributed by atoms with E-state index in [-0.39, 0.29) is 24.0 Å². The first kappa shape index (κ1) is 15.9. The molecule has 5 nitrogen and oxygen atoms in total. The summed E-state index contributed by atoms with van der Waals surface area (Å²) in [6.07, 6.45) is 0. The first-order valence-corrected chi connectivity index (χ1v) is 6.07. The van der Waals surface area contributed by atoms with Crippen LogP contribution < -0.4 is 20.5 Å². The Kier molecular flexibility index (Phi) is 6.20. The summed E-state index contributed by atoms with van der Waals surface area (Å²) in [5, 5.41) is 3.08. The number of hydrogen-bond acceptors (Lipinski definition) is 3. The molecule has 19 heavy (non-hydrogen) atoms. The largest absolute Gasteiger partial charge is 0.454 e. The van der Waals surface area contributed by atoms with Crippen molar-refractivity contribution < 1.29 is 9.47 Å². The van der Waals surface area contributed by atoms with Crippen LogP contribution in [0.25, 0.3) is 0 Å². The standard InChI is InChI=1S/C13H19N3O2.HI/c1-9(2)6-15-13(14)16-7-10-3-4-11-12(5-10)18-8-17-11;/h3-5,9H,6-8H2,1-2H3,(H3,14,15,16);1H. The molecule has 3 N–H and O–H groups in total. The number of nitrogens with one attached hydrogen (secondary N) is 1. The molecule has 0 aliphatic carbocycles. The van der Waals surface area contributed by atoms with Crippen LogP contribution in [0.2, 0.25) is 0 Å². The Morgan fingerprint density at radius 1 is 1.37 bits per heavy atom. The van der Waals surface area contributed by atoms with Gasteiger partial charge in [-0.15, -0.1) is 24.0 Å². The molecule has 0 amide bonds. The summed E-state index contributed by atoms with van der Waals surface area (Å²) in [6.45, 7) is 5.90. The van der Waals surface area contributed by atoms with Gasteiger partial charge in [0.2, 0.25) is 6.79 Å². The van der Waals surface area contributed by atoms with E-state index in [9.17, 15) is 0 Å². The van der Waals surface area contributed by atoms with E-state index >= 15 is 0 Å². The van der Waals surface area contributed by atoms with Gasteiger partial charge in [-0.2, -0.15) is 0 Å². The van der Waals surface area contributed by atoms with E-state index in [0.717, 1.165) is 23.6 Å². The highest BCUT2D eigenvalue weighted by Crippen LogP contribution is 2.32. The van der Waals surface area contributed by atoms with Gasteiger partial charge in [-0.05, 0) is 23.6 Å². The second-order valence-corrected chi connectivity index (χ2v) is 4.66. The van der Waals surface area contributed by atoms with Gasteiger partial charge in [0, 0.05) is 6.54 Å². The van der Waals surface area contributed by atoms with Gasteiger partial charge >= 0.3 is 0 Å². The molecule has 0 fully saturated rings. The highest BCUT2D eigenvalue weighted by Gasteiger charge is 2.12. The first-order chi connectivity index (χ1) is 8.65. The number of aliphatic imine (C=N–C) groups is 1. The molecule has 0 bridgehead atoms. The lowest BCUT2D eigenvalue weighted by Gasteiger charge is -2.07. The molecule has 1 aliphatic rings. The number of benzene rings is 1. The molecule has 0 saturated carbocycles. The third-order valence-electron chi connectivity index (χ3n) is 2.56. The van der Waals surface area contributed by atoms with Crippen molar-refractivity contribution in [3.05, 3.63) is 23.8 Å². The number of ether oxygens (including phenoxy) is 2. The predicted octanol–water partition coefficient (Wildman–Crippen LogP) is 2.09. The van der Waals surface area contributed by atoms with Crippen LogP contribution in [0, 0.1) is 5.92 Å². The van der Waals surface area contributed by atoms with Crippen molar-refractivity contribution in [2.45, 2.75) is 20.4 Å². The number of nitrogens with two attached hydrogens (primary N) is 1. The van der Waals surface area contributed by atoms with Crippen LogP contribution in [0.15, 0.2) is 23.2 Å². The lowest BCUT2D eigenvalue weighted by atomic mass is 10.2. The number of nitrogens with zero attached hydrogens (tertiary/aromatic N) is 1. The van der Waals surface area contributed by atoms with Crippen molar-refractivity contribution in [2.24, 2.45) is 16.6 Å². The van der Waals surface area contributed by atoms with Gasteiger partial charge in [0.15, 0.2) is 17.5 Å². The van der Waals surface area contributed by atoms with Crippen molar-refractivity contribution in [3.8, 4) is 11.5 Å².